The fourth-order valence-electron chi connectivity index (χ4n) is 2.76. The van der Waals surface area contributed by atoms with E-state index in [-0.39, 0.29) is 5.56 Å². The molecule has 0 radical (unpaired) electrons. The summed E-state index contributed by atoms with van der Waals surface area (Å²) in [5.41, 5.74) is 1.74. The number of anilines is 1. The number of hydrogen-bond donors (Lipinski definition) is 1. The zero-order chi connectivity index (χ0) is 18.1. The van der Waals surface area contributed by atoms with Crippen LogP contribution in [0.5, 0.6) is 0 Å². The highest BCUT2D eigenvalue weighted by Gasteiger charge is 2.17. The van der Waals surface area contributed by atoms with Crippen LogP contribution in [0, 0.1) is 11.6 Å². The van der Waals surface area contributed by atoms with Crippen LogP contribution in [0.25, 0.3) is 16.9 Å². The van der Waals surface area contributed by atoms with Crippen LogP contribution in [0.1, 0.15) is 10.4 Å². The number of pyridine rings is 1. The predicted molar refractivity (Wildman–Crippen MR) is 94.9 cm³/mol. The molecule has 0 spiro atoms. The lowest BCUT2D eigenvalue weighted by molar-refractivity contribution is 0.102. The second kappa shape index (κ2) is 6.40. The fourth-order valence-corrected chi connectivity index (χ4v) is 2.76. The lowest BCUT2D eigenvalue weighted by atomic mass is 10.1. The summed E-state index contributed by atoms with van der Waals surface area (Å²) >= 11 is 0. The van der Waals surface area contributed by atoms with Crippen molar-refractivity contribution >= 4 is 17.4 Å². The molecule has 0 atom stereocenters. The molecule has 2 aromatic carbocycles. The first-order valence-electron chi connectivity index (χ1n) is 7.92. The Morgan fingerprint density at radius 3 is 2.46 bits per heavy atom. The number of nitrogens with one attached hydrogen (secondary N) is 1. The van der Waals surface area contributed by atoms with Crippen molar-refractivity contribution in [2.24, 2.45) is 0 Å². The van der Waals surface area contributed by atoms with Gasteiger partial charge < -0.3 is 5.32 Å². The van der Waals surface area contributed by atoms with E-state index in [0.717, 1.165) is 6.07 Å². The fraction of sp³-hybridized carbons (Fsp3) is 0. The number of carbonyl (C=O) groups is 1. The van der Waals surface area contributed by atoms with Gasteiger partial charge in [0.2, 0.25) is 0 Å². The first kappa shape index (κ1) is 16.0. The molecule has 0 saturated heterocycles. The van der Waals surface area contributed by atoms with Gasteiger partial charge in [-0.2, -0.15) is 0 Å². The molecule has 1 N–H and O–H groups in total. The quantitative estimate of drug-likeness (QED) is 0.591. The van der Waals surface area contributed by atoms with Crippen molar-refractivity contribution in [3.8, 4) is 11.3 Å². The van der Waals surface area contributed by atoms with Gasteiger partial charge in [0, 0.05) is 17.3 Å². The van der Waals surface area contributed by atoms with Gasteiger partial charge in [-0.15, -0.1) is 0 Å². The Labute approximate surface area is 147 Å². The summed E-state index contributed by atoms with van der Waals surface area (Å²) in [6.45, 7) is 0. The molecule has 0 aliphatic carbocycles. The lowest BCUT2D eigenvalue weighted by Gasteiger charge is -2.08. The Hall–Kier alpha value is -3.54. The molecule has 0 unspecified atom stereocenters. The normalized spacial score (nSPS) is 10.8. The minimum absolute atomic E-state index is 0.182. The first-order valence-corrected chi connectivity index (χ1v) is 7.92. The molecule has 4 nitrogen and oxygen atoms in total. The van der Waals surface area contributed by atoms with Gasteiger partial charge >= 0.3 is 0 Å². The van der Waals surface area contributed by atoms with Crippen molar-refractivity contribution in [3.05, 3.63) is 90.1 Å². The monoisotopic (exact) mass is 349 g/mol. The van der Waals surface area contributed by atoms with Gasteiger partial charge in [0.15, 0.2) is 0 Å². The van der Waals surface area contributed by atoms with E-state index in [1.54, 1.807) is 34.9 Å². The number of fused-ring (bicyclic) bond motifs is 1. The third-order valence-corrected chi connectivity index (χ3v) is 3.95. The molecule has 2 aromatic heterocycles. The van der Waals surface area contributed by atoms with Gasteiger partial charge in [-0.3, -0.25) is 9.20 Å². The van der Waals surface area contributed by atoms with Gasteiger partial charge in [-0.25, -0.2) is 13.8 Å². The van der Waals surface area contributed by atoms with Crippen molar-refractivity contribution in [2.75, 3.05) is 5.32 Å². The molecule has 6 heteroatoms. The highest BCUT2D eigenvalue weighted by molar-refractivity contribution is 6.05. The number of imidazole rings is 1. The highest BCUT2D eigenvalue weighted by Crippen LogP contribution is 2.29. The van der Waals surface area contributed by atoms with Crippen LogP contribution < -0.4 is 5.32 Å². The summed E-state index contributed by atoms with van der Waals surface area (Å²) in [7, 11) is 0. The predicted octanol–water partition coefficient (Wildman–Crippen LogP) is 4.53. The summed E-state index contributed by atoms with van der Waals surface area (Å²) in [6.07, 6.45) is 1.74. The van der Waals surface area contributed by atoms with Crippen molar-refractivity contribution in [2.45, 2.75) is 0 Å². The van der Waals surface area contributed by atoms with Crippen molar-refractivity contribution in [1.82, 2.24) is 9.38 Å². The molecular formula is C20H13F2N3O. The van der Waals surface area contributed by atoms with E-state index in [1.807, 2.05) is 6.07 Å². The molecule has 26 heavy (non-hydrogen) atoms. The molecule has 0 fully saturated rings. The second-order valence-electron chi connectivity index (χ2n) is 5.71. The number of carbonyl (C=O) groups excluding carboxylic acids is 1. The standard InChI is InChI=1S/C20H13F2N3O/c21-15-7-3-5-13(11-15)18-19(25-10-2-1-9-17(25)23-18)24-20(26)14-6-4-8-16(22)12-14/h1-12H,(H,24,26). The van der Waals surface area contributed by atoms with Crippen LogP contribution >= 0.6 is 0 Å². The Morgan fingerprint density at radius 2 is 1.69 bits per heavy atom. The van der Waals surface area contributed by atoms with Gasteiger partial charge in [0.1, 0.15) is 28.8 Å². The third kappa shape index (κ3) is 2.93. The zero-order valence-electron chi connectivity index (χ0n) is 13.5. The van der Waals surface area contributed by atoms with E-state index in [1.165, 1.54) is 30.3 Å². The maximum absolute atomic E-state index is 13.6. The number of aromatic nitrogens is 2. The number of benzene rings is 2. The Bertz CT molecular complexity index is 1120. The smallest absolute Gasteiger partial charge is 0.256 e. The Kier molecular flexibility index (Phi) is 3.93. The maximum Gasteiger partial charge on any atom is 0.256 e. The average molecular weight is 349 g/mol. The highest BCUT2D eigenvalue weighted by atomic mass is 19.1. The number of rotatable bonds is 3. The van der Waals surface area contributed by atoms with Crippen molar-refractivity contribution in [3.63, 3.8) is 0 Å². The molecule has 0 saturated carbocycles. The molecule has 1 amide bonds. The Morgan fingerprint density at radius 1 is 0.923 bits per heavy atom. The summed E-state index contributed by atoms with van der Waals surface area (Å²) in [6, 6.07) is 16.8. The van der Waals surface area contributed by atoms with E-state index >= 15 is 0 Å². The molecule has 128 valence electrons. The summed E-state index contributed by atoms with van der Waals surface area (Å²) in [5.74, 6) is -0.989. The van der Waals surface area contributed by atoms with E-state index in [2.05, 4.69) is 10.3 Å². The molecule has 4 aromatic rings. The van der Waals surface area contributed by atoms with Crippen LogP contribution in [0.4, 0.5) is 14.6 Å². The topological polar surface area (TPSA) is 46.4 Å². The van der Waals surface area contributed by atoms with Gasteiger partial charge in [0.05, 0.1) is 0 Å². The largest absolute Gasteiger partial charge is 0.306 e. The zero-order valence-corrected chi connectivity index (χ0v) is 13.5. The first-order chi connectivity index (χ1) is 12.6. The van der Waals surface area contributed by atoms with E-state index in [0.29, 0.717) is 22.7 Å². The minimum atomic E-state index is -0.499. The van der Waals surface area contributed by atoms with Crippen LogP contribution in [0.15, 0.2) is 72.9 Å². The number of halogens is 2. The van der Waals surface area contributed by atoms with Crippen LogP contribution in [0.2, 0.25) is 0 Å². The van der Waals surface area contributed by atoms with Crippen molar-refractivity contribution < 1.29 is 13.6 Å². The van der Waals surface area contributed by atoms with E-state index in [4.69, 9.17) is 0 Å². The third-order valence-electron chi connectivity index (χ3n) is 3.95. The second-order valence-corrected chi connectivity index (χ2v) is 5.71. The molecule has 0 aliphatic heterocycles. The van der Waals surface area contributed by atoms with E-state index in [9.17, 15) is 13.6 Å². The van der Waals surface area contributed by atoms with Crippen LogP contribution in [0.3, 0.4) is 0 Å². The summed E-state index contributed by atoms with van der Waals surface area (Å²) in [5, 5.41) is 2.77. The Balaban J connectivity index is 1.83. The van der Waals surface area contributed by atoms with Crippen LogP contribution in [-0.2, 0) is 0 Å². The molecule has 2 heterocycles. The minimum Gasteiger partial charge on any atom is -0.306 e. The van der Waals surface area contributed by atoms with Crippen molar-refractivity contribution in [1.29, 1.82) is 0 Å². The summed E-state index contributed by atoms with van der Waals surface area (Å²) < 4.78 is 28.7. The van der Waals surface area contributed by atoms with Gasteiger partial charge in [-0.1, -0.05) is 24.3 Å². The number of amides is 1. The number of nitrogens with zero attached hydrogens (tertiary/aromatic N) is 2. The molecular weight excluding hydrogens is 336 g/mol. The number of hydrogen-bond acceptors (Lipinski definition) is 2. The molecule has 4 rings (SSSR count). The lowest BCUT2D eigenvalue weighted by Crippen LogP contribution is -2.14. The van der Waals surface area contributed by atoms with Gasteiger partial charge in [0.25, 0.3) is 5.91 Å². The molecule has 0 bridgehead atoms. The van der Waals surface area contributed by atoms with E-state index < -0.39 is 17.5 Å². The molecule has 0 aliphatic rings. The SMILES string of the molecule is O=C(Nc1c(-c2cccc(F)c2)nc2ccccn12)c1cccc(F)c1. The van der Waals surface area contributed by atoms with Crippen LogP contribution in [-0.4, -0.2) is 15.3 Å². The summed E-state index contributed by atoms with van der Waals surface area (Å²) in [4.78, 5) is 17.1. The average Bonchev–Trinajstić information content (AvgIpc) is 3.00. The maximum atomic E-state index is 13.6. The van der Waals surface area contributed by atoms with Gasteiger partial charge in [-0.05, 0) is 42.5 Å².